The van der Waals surface area contributed by atoms with Crippen LogP contribution in [0.2, 0.25) is 0 Å². The largest absolute Gasteiger partial charge is 0.465 e. The molecule has 0 aliphatic carbocycles. The van der Waals surface area contributed by atoms with Crippen LogP contribution in [0.4, 0.5) is 0 Å². The maximum atomic E-state index is 12.4. The van der Waals surface area contributed by atoms with Crippen LogP contribution in [0, 0.1) is 5.92 Å². The predicted octanol–water partition coefficient (Wildman–Crippen LogP) is 3.34. The summed E-state index contributed by atoms with van der Waals surface area (Å²) in [7, 11) is 0. The molecule has 2 aliphatic heterocycles. The van der Waals surface area contributed by atoms with E-state index in [9.17, 15) is 4.79 Å². The molecule has 3 heterocycles. The number of hydrogen-bond donors (Lipinski definition) is 1. The van der Waals surface area contributed by atoms with Crippen molar-refractivity contribution in [2.75, 3.05) is 13.2 Å². The summed E-state index contributed by atoms with van der Waals surface area (Å²) < 4.78 is 12.5. The number of carbonyl (C=O) groups excluding carboxylic acids is 1. The maximum Gasteiger partial charge on any atom is 0.292 e. The van der Waals surface area contributed by atoms with E-state index < -0.39 is 5.54 Å². The highest BCUT2D eigenvalue weighted by Gasteiger charge is 2.50. The summed E-state index contributed by atoms with van der Waals surface area (Å²) in [5.41, 5.74) is -0.0683. The van der Waals surface area contributed by atoms with E-state index in [1.807, 2.05) is 23.6 Å². The van der Waals surface area contributed by atoms with Gasteiger partial charge in [0.15, 0.2) is 0 Å². The normalized spacial score (nSPS) is 27.8. The number of nitrogens with zero attached hydrogens (tertiary/aromatic N) is 2. The number of nitrogens with one attached hydrogen (secondary N) is 1. The minimum atomic E-state index is -0.624. The first kappa shape index (κ1) is 17.6. The van der Waals surface area contributed by atoms with Gasteiger partial charge in [0.2, 0.25) is 0 Å². The molecule has 3 atom stereocenters. The van der Waals surface area contributed by atoms with Crippen molar-refractivity contribution in [3.8, 4) is 0 Å². The Morgan fingerprint density at radius 1 is 1.38 bits per heavy atom. The Labute approximate surface area is 163 Å². The van der Waals surface area contributed by atoms with Gasteiger partial charge in [0.1, 0.15) is 15.1 Å². The zero-order valence-electron chi connectivity index (χ0n) is 14.1. The number of amidine groups is 1. The fraction of sp³-hybridized carbons (Fsp3) is 0.389. The number of aliphatic imine (C=N–C) groups is 1. The highest BCUT2D eigenvalue weighted by Crippen LogP contribution is 2.44. The maximum absolute atomic E-state index is 12.4. The molecule has 4 rings (SSSR count). The fourth-order valence-corrected chi connectivity index (χ4v) is 4.80. The molecule has 0 bridgehead atoms. The highest BCUT2D eigenvalue weighted by molar-refractivity contribution is 9.10. The van der Waals surface area contributed by atoms with Gasteiger partial charge in [-0.2, -0.15) is 0 Å². The summed E-state index contributed by atoms with van der Waals surface area (Å²) in [6, 6.07) is 9.23. The second-order valence-electron chi connectivity index (χ2n) is 6.50. The van der Waals surface area contributed by atoms with Gasteiger partial charge in [0, 0.05) is 16.9 Å². The number of thiazole rings is 1. The van der Waals surface area contributed by atoms with Crippen molar-refractivity contribution in [2.24, 2.45) is 10.9 Å². The molecule has 1 aromatic carbocycles. The van der Waals surface area contributed by atoms with E-state index in [-0.39, 0.29) is 24.0 Å². The quantitative estimate of drug-likeness (QED) is 0.784. The lowest BCUT2D eigenvalue weighted by molar-refractivity contribution is -0.0740. The Hall–Kier alpha value is -1.77. The summed E-state index contributed by atoms with van der Waals surface area (Å²) in [6.45, 7) is 2.95. The van der Waals surface area contributed by atoms with Crippen LogP contribution in [0.3, 0.4) is 0 Å². The molecule has 6 nitrogen and oxygen atoms in total. The van der Waals surface area contributed by atoms with Gasteiger partial charge in [-0.05, 0) is 41.4 Å². The van der Waals surface area contributed by atoms with Gasteiger partial charge < -0.3 is 9.47 Å². The lowest BCUT2D eigenvalue weighted by Gasteiger charge is -2.44. The summed E-state index contributed by atoms with van der Waals surface area (Å²) in [4.78, 5) is 21.8. The topological polar surface area (TPSA) is 72.8 Å². The number of benzene rings is 1. The third-order valence-corrected chi connectivity index (χ3v) is 6.42. The Balaban J connectivity index is 1.65. The second-order valence-corrected chi connectivity index (χ2v) is 8.17. The summed E-state index contributed by atoms with van der Waals surface area (Å²) in [6.07, 6.45) is 0.983. The van der Waals surface area contributed by atoms with Gasteiger partial charge in [-0.3, -0.25) is 10.1 Å². The molecule has 26 heavy (non-hydrogen) atoms. The minimum absolute atomic E-state index is 0.149. The molecule has 1 aromatic heterocycles. The Bertz CT molecular complexity index is 841. The molecule has 0 radical (unpaired) electrons. The number of hydrogen-bond acceptors (Lipinski definition) is 6. The van der Waals surface area contributed by atoms with E-state index in [4.69, 9.17) is 14.5 Å². The highest BCUT2D eigenvalue weighted by atomic mass is 79.9. The number of aromatic nitrogens is 1. The molecule has 8 heteroatoms. The van der Waals surface area contributed by atoms with Crippen LogP contribution in [0.1, 0.15) is 28.7 Å². The van der Waals surface area contributed by atoms with Crippen LogP contribution in [0.25, 0.3) is 0 Å². The molecule has 1 amide bonds. The minimum Gasteiger partial charge on any atom is -0.465 e. The van der Waals surface area contributed by atoms with Crippen molar-refractivity contribution in [2.45, 2.75) is 25.0 Å². The van der Waals surface area contributed by atoms with Crippen LogP contribution in [0.5, 0.6) is 0 Å². The van der Waals surface area contributed by atoms with E-state index >= 15 is 0 Å². The smallest absolute Gasteiger partial charge is 0.292 e. The standard InChI is InChI=1S/C18H18BrN3O3S/c1-11-7-13-8-24-17(21-15(23)12-5-3-2-4-6-12)22-18(13,10-25-11)16-20-14(19)9-26-16/h2-6,9,11,13H,7-8,10H2,1H3,(H,21,22,23)/t11-,13?,18-/m0/s1. The average molecular weight is 436 g/mol. The van der Waals surface area contributed by atoms with Crippen molar-refractivity contribution < 1.29 is 14.3 Å². The average Bonchev–Trinajstić information content (AvgIpc) is 3.09. The number of amides is 1. The summed E-state index contributed by atoms with van der Waals surface area (Å²) >= 11 is 4.96. The van der Waals surface area contributed by atoms with Gasteiger partial charge >= 0.3 is 0 Å². The molecule has 0 saturated carbocycles. The van der Waals surface area contributed by atoms with E-state index in [0.29, 0.717) is 18.8 Å². The van der Waals surface area contributed by atoms with Crippen molar-refractivity contribution in [3.05, 3.63) is 50.9 Å². The van der Waals surface area contributed by atoms with Crippen molar-refractivity contribution in [3.63, 3.8) is 0 Å². The number of halogens is 1. The SMILES string of the molecule is C[C@H]1CC2COC(NC(=O)c3ccccc3)=N[C@@]2(c2nc(Br)cs2)CO1. The molecular formula is C18H18BrN3O3S. The first-order valence-corrected chi connectivity index (χ1v) is 10.1. The summed E-state index contributed by atoms with van der Waals surface area (Å²) in [5, 5.41) is 5.59. The van der Waals surface area contributed by atoms with Crippen molar-refractivity contribution >= 4 is 39.2 Å². The number of ether oxygens (including phenoxy) is 2. The van der Waals surface area contributed by atoms with E-state index in [2.05, 4.69) is 33.2 Å². The van der Waals surface area contributed by atoms with Crippen LogP contribution in [-0.2, 0) is 15.0 Å². The van der Waals surface area contributed by atoms with Crippen molar-refractivity contribution in [1.29, 1.82) is 0 Å². The molecule has 136 valence electrons. The van der Waals surface area contributed by atoms with Crippen molar-refractivity contribution in [1.82, 2.24) is 10.3 Å². The lowest BCUT2D eigenvalue weighted by atomic mass is 9.79. The molecule has 2 aromatic rings. The molecule has 1 saturated heterocycles. The monoisotopic (exact) mass is 435 g/mol. The first-order valence-electron chi connectivity index (χ1n) is 8.39. The van der Waals surface area contributed by atoms with E-state index in [0.717, 1.165) is 16.0 Å². The first-order chi connectivity index (χ1) is 12.6. The van der Waals surface area contributed by atoms with Gasteiger partial charge in [-0.25, -0.2) is 9.98 Å². The number of carbonyl (C=O) groups is 1. The third-order valence-electron chi connectivity index (χ3n) is 4.70. The van der Waals surface area contributed by atoms with Crippen LogP contribution in [0.15, 0.2) is 45.3 Å². The molecule has 1 fully saturated rings. The zero-order chi connectivity index (χ0) is 18.1. The number of rotatable bonds is 2. The molecule has 2 aliphatic rings. The van der Waals surface area contributed by atoms with E-state index in [1.165, 1.54) is 11.3 Å². The zero-order valence-corrected chi connectivity index (χ0v) is 16.5. The van der Waals surface area contributed by atoms with Gasteiger partial charge in [-0.15, -0.1) is 11.3 Å². The van der Waals surface area contributed by atoms with Crippen LogP contribution >= 0.6 is 27.3 Å². The van der Waals surface area contributed by atoms with Crippen LogP contribution < -0.4 is 5.32 Å². The lowest BCUT2D eigenvalue weighted by Crippen LogP contribution is -2.52. The predicted molar refractivity (Wildman–Crippen MR) is 102 cm³/mol. The number of fused-ring (bicyclic) bond motifs is 1. The van der Waals surface area contributed by atoms with E-state index in [1.54, 1.807) is 12.1 Å². The molecule has 1 N–H and O–H groups in total. The van der Waals surface area contributed by atoms with Gasteiger partial charge in [0.25, 0.3) is 11.9 Å². The fourth-order valence-electron chi connectivity index (χ4n) is 3.33. The molecule has 0 spiro atoms. The Kier molecular flexibility index (Phi) is 4.81. The van der Waals surface area contributed by atoms with Gasteiger partial charge in [0.05, 0.1) is 19.3 Å². The molecular weight excluding hydrogens is 418 g/mol. The summed E-state index contributed by atoms with van der Waals surface area (Å²) in [5.74, 6) is -0.0926. The Morgan fingerprint density at radius 3 is 2.92 bits per heavy atom. The van der Waals surface area contributed by atoms with Gasteiger partial charge in [-0.1, -0.05) is 18.2 Å². The second kappa shape index (κ2) is 7.09. The molecule has 1 unspecified atom stereocenters. The van der Waals surface area contributed by atoms with Crippen LogP contribution in [-0.4, -0.2) is 36.2 Å². The Morgan fingerprint density at radius 2 is 2.19 bits per heavy atom. The third kappa shape index (κ3) is 3.28.